The van der Waals surface area contributed by atoms with E-state index in [9.17, 15) is 13.2 Å². The molecule has 0 saturated carbocycles. The van der Waals surface area contributed by atoms with Crippen molar-refractivity contribution in [3.8, 4) is 0 Å². The molecular formula is C19H30N2O3S. The maximum atomic E-state index is 12.4. The van der Waals surface area contributed by atoms with Crippen LogP contribution in [0.5, 0.6) is 0 Å². The first kappa shape index (κ1) is 19.9. The minimum absolute atomic E-state index is 0.105. The molecule has 0 aromatic heterocycles. The number of sulfonamides is 1. The molecule has 1 heterocycles. The van der Waals surface area contributed by atoms with Gasteiger partial charge in [0.25, 0.3) is 0 Å². The van der Waals surface area contributed by atoms with Crippen molar-refractivity contribution in [2.75, 3.05) is 31.9 Å². The number of aryl methyl sites for hydroxylation is 1. The molecule has 1 saturated heterocycles. The van der Waals surface area contributed by atoms with Gasteiger partial charge >= 0.3 is 0 Å². The Morgan fingerprint density at radius 2 is 1.60 bits per heavy atom. The zero-order chi connectivity index (χ0) is 18.7. The second kappa shape index (κ2) is 7.87. The lowest BCUT2D eigenvalue weighted by Crippen LogP contribution is -2.50. The van der Waals surface area contributed by atoms with Crippen molar-refractivity contribution in [2.24, 2.45) is 0 Å². The summed E-state index contributed by atoms with van der Waals surface area (Å²) in [6.07, 6.45) is 1.19. The van der Waals surface area contributed by atoms with Crippen LogP contribution < -0.4 is 0 Å². The molecule has 140 valence electrons. The van der Waals surface area contributed by atoms with Crippen molar-refractivity contribution in [1.29, 1.82) is 0 Å². The molecule has 1 aliphatic rings. The summed E-state index contributed by atoms with van der Waals surface area (Å²) >= 11 is 0. The molecule has 1 aliphatic heterocycles. The van der Waals surface area contributed by atoms with E-state index in [2.05, 4.69) is 45.0 Å². The van der Waals surface area contributed by atoms with Crippen LogP contribution in [0.3, 0.4) is 0 Å². The number of nitrogens with zero attached hydrogens (tertiary/aromatic N) is 2. The minimum Gasteiger partial charge on any atom is -0.340 e. The number of amides is 1. The fourth-order valence-corrected chi connectivity index (χ4v) is 4.06. The molecule has 0 bridgehead atoms. The molecule has 0 radical (unpaired) electrons. The van der Waals surface area contributed by atoms with Crippen molar-refractivity contribution in [3.05, 3.63) is 35.4 Å². The van der Waals surface area contributed by atoms with E-state index in [0.717, 1.165) is 12.0 Å². The van der Waals surface area contributed by atoms with Crippen LogP contribution in [-0.2, 0) is 26.7 Å². The van der Waals surface area contributed by atoms with Crippen LogP contribution in [0.15, 0.2) is 24.3 Å². The summed E-state index contributed by atoms with van der Waals surface area (Å²) in [5.74, 6) is 0.222. The Morgan fingerprint density at radius 1 is 1.04 bits per heavy atom. The Hall–Kier alpha value is -1.40. The highest BCUT2D eigenvalue weighted by molar-refractivity contribution is 7.89. The van der Waals surface area contributed by atoms with Gasteiger partial charge in [-0.05, 0) is 29.9 Å². The Kier molecular flexibility index (Phi) is 6.27. The van der Waals surface area contributed by atoms with Crippen LogP contribution >= 0.6 is 0 Å². The van der Waals surface area contributed by atoms with Crippen LogP contribution in [0, 0.1) is 0 Å². The van der Waals surface area contributed by atoms with Crippen LogP contribution in [0.2, 0.25) is 0 Å². The van der Waals surface area contributed by atoms with Crippen LogP contribution in [0.4, 0.5) is 0 Å². The molecule has 0 unspecified atom stereocenters. The summed E-state index contributed by atoms with van der Waals surface area (Å²) in [5.41, 5.74) is 2.58. The van der Waals surface area contributed by atoms with Crippen molar-refractivity contribution in [2.45, 2.75) is 46.0 Å². The maximum absolute atomic E-state index is 12.4. The molecule has 0 spiro atoms. The standard InChI is InChI=1S/C19H30N2O3S/c1-5-25(23,24)21-14-12-20(13-15-21)18(22)11-8-16-6-9-17(10-7-16)19(2,3)4/h6-7,9-10H,5,8,11-15H2,1-4H3. The molecule has 5 nitrogen and oxygen atoms in total. The summed E-state index contributed by atoms with van der Waals surface area (Å²) in [6, 6.07) is 8.46. The Morgan fingerprint density at radius 3 is 2.08 bits per heavy atom. The third kappa shape index (κ3) is 5.28. The highest BCUT2D eigenvalue weighted by Crippen LogP contribution is 2.22. The van der Waals surface area contributed by atoms with Gasteiger partial charge in [0.2, 0.25) is 15.9 Å². The predicted molar refractivity (Wildman–Crippen MR) is 101 cm³/mol. The molecule has 25 heavy (non-hydrogen) atoms. The van der Waals surface area contributed by atoms with E-state index in [4.69, 9.17) is 0 Å². The molecule has 0 N–H and O–H groups in total. The number of benzene rings is 1. The zero-order valence-corrected chi connectivity index (χ0v) is 16.6. The van der Waals surface area contributed by atoms with Gasteiger partial charge in [-0.15, -0.1) is 0 Å². The number of carbonyl (C=O) groups excluding carboxylic acids is 1. The number of hydrogen-bond donors (Lipinski definition) is 0. The van der Waals surface area contributed by atoms with Gasteiger partial charge in [0, 0.05) is 32.6 Å². The Balaban J connectivity index is 1.83. The van der Waals surface area contributed by atoms with Crippen LogP contribution in [-0.4, -0.2) is 55.5 Å². The van der Waals surface area contributed by atoms with E-state index >= 15 is 0 Å². The van der Waals surface area contributed by atoms with Gasteiger partial charge < -0.3 is 4.90 Å². The van der Waals surface area contributed by atoms with Crippen molar-refractivity contribution in [3.63, 3.8) is 0 Å². The molecule has 1 amide bonds. The number of carbonyl (C=O) groups is 1. The van der Waals surface area contributed by atoms with Crippen molar-refractivity contribution < 1.29 is 13.2 Å². The van der Waals surface area contributed by atoms with Crippen molar-refractivity contribution >= 4 is 15.9 Å². The lowest BCUT2D eigenvalue weighted by Gasteiger charge is -2.33. The third-order valence-electron chi connectivity index (χ3n) is 4.80. The predicted octanol–water partition coefficient (Wildman–Crippen LogP) is 2.41. The van der Waals surface area contributed by atoms with Crippen LogP contribution in [0.1, 0.15) is 45.2 Å². The molecule has 1 fully saturated rings. The minimum atomic E-state index is -3.15. The Bertz CT molecular complexity index is 682. The van der Waals surface area contributed by atoms with Crippen LogP contribution in [0.25, 0.3) is 0 Å². The van der Waals surface area contributed by atoms with Gasteiger partial charge in [-0.3, -0.25) is 4.79 Å². The second-order valence-corrected chi connectivity index (χ2v) is 9.88. The number of hydrogen-bond acceptors (Lipinski definition) is 3. The largest absolute Gasteiger partial charge is 0.340 e. The van der Waals surface area contributed by atoms with E-state index in [1.54, 1.807) is 11.8 Å². The zero-order valence-electron chi connectivity index (χ0n) is 15.8. The molecule has 2 rings (SSSR count). The average molecular weight is 367 g/mol. The smallest absolute Gasteiger partial charge is 0.222 e. The van der Waals surface area contributed by atoms with Gasteiger partial charge in [-0.2, -0.15) is 4.31 Å². The van der Waals surface area contributed by atoms with Gasteiger partial charge in [0.1, 0.15) is 0 Å². The normalized spacial score (nSPS) is 16.9. The van der Waals surface area contributed by atoms with Gasteiger partial charge in [-0.25, -0.2) is 8.42 Å². The van der Waals surface area contributed by atoms with E-state index in [1.807, 2.05) is 0 Å². The average Bonchev–Trinajstić information content (AvgIpc) is 2.59. The van der Waals surface area contributed by atoms with E-state index < -0.39 is 10.0 Å². The molecule has 0 aliphatic carbocycles. The van der Waals surface area contributed by atoms with Gasteiger partial charge in [0.05, 0.1) is 5.75 Å². The summed E-state index contributed by atoms with van der Waals surface area (Å²) < 4.78 is 25.2. The lowest BCUT2D eigenvalue weighted by atomic mass is 9.86. The highest BCUT2D eigenvalue weighted by Gasteiger charge is 2.27. The fraction of sp³-hybridized carbons (Fsp3) is 0.632. The van der Waals surface area contributed by atoms with Crippen molar-refractivity contribution in [1.82, 2.24) is 9.21 Å². The first-order valence-corrected chi connectivity index (χ1v) is 10.6. The number of piperazine rings is 1. The Labute approximate surface area is 152 Å². The van der Waals surface area contributed by atoms with E-state index in [1.165, 1.54) is 9.87 Å². The first-order valence-electron chi connectivity index (χ1n) is 8.98. The van der Waals surface area contributed by atoms with Gasteiger partial charge in [0.15, 0.2) is 0 Å². The highest BCUT2D eigenvalue weighted by atomic mass is 32.2. The summed E-state index contributed by atoms with van der Waals surface area (Å²) in [6.45, 7) is 9.99. The lowest BCUT2D eigenvalue weighted by molar-refractivity contribution is -0.132. The van der Waals surface area contributed by atoms with E-state index in [0.29, 0.717) is 32.6 Å². The fourth-order valence-electron chi connectivity index (χ4n) is 2.98. The summed E-state index contributed by atoms with van der Waals surface area (Å²) in [5, 5.41) is 0. The molecule has 6 heteroatoms. The quantitative estimate of drug-likeness (QED) is 0.804. The SMILES string of the molecule is CCS(=O)(=O)N1CCN(C(=O)CCc2ccc(C(C)(C)C)cc2)CC1. The molecule has 0 atom stereocenters. The molecular weight excluding hydrogens is 336 g/mol. The summed E-state index contributed by atoms with van der Waals surface area (Å²) in [4.78, 5) is 14.2. The maximum Gasteiger partial charge on any atom is 0.222 e. The number of rotatable bonds is 5. The molecule has 1 aromatic carbocycles. The third-order valence-corrected chi connectivity index (χ3v) is 6.68. The van der Waals surface area contributed by atoms with Gasteiger partial charge in [-0.1, -0.05) is 45.0 Å². The topological polar surface area (TPSA) is 57.7 Å². The first-order chi connectivity index (χ1) is 11.6. The summed E-state index contributed by atoms with van der Waals surface area (Å²) in [7, 11) is -3.15. The molecule has 1 aromatic rings. The van der Waals surface area contributed by atoms with E-state index in [-0.39, 0.29) is 17.1 Å². The second-order valence-electron chi connectivity index (χ2n) is 7.63. The monoisotopic (exact) mass is 366 g/mol.